The number of pyridine rings is 3. The average molecular weight is 1360 g/mol. The van der Waals surface area contributed by atoms with E-state index in [1.165, 1.54) is 0 Å². The molecule has 0 N–H and O–H groups in total. The summed E-state index contributed by atoms with van der Waals surface area (Å²) in [6.45, 7) is 0. The number of hydrogen-bond donors (Lipinski definition) is 0. The van der Waals surface area contributed by atoms with Crippen LogP contribution in [0, 0.1) is 0 Å². The Hall–Kier alpha value is -10.6. The maximum atomic E-state index is 10.4. The number of halogens is 2. The summed E-state index contributed by atoms with van der Waals surface area (Å²) in [6, 6.07) is 107. The van der Waals surface area contributed by atoms with Gasteiger partial charge in [-0.3, -0.25) is 4.79 Å². The van der Waals surface area contributed by atoms with Crippen LogP contribution in [0.1, 0.15) is 44.1 Å². The monoisotopic (exact) mass is 1360 g/mol. The number of ether oxygens (including phenoxy) is 4. The Morgan fingerprint density at radius 3 is 0.827 bits per heavy atom. The Labute approximate surface area is 582 Å². The number of benzene rings is 11. The van der Waals surface area contributed by atoms with Crippen molar-refractivity contribution in [3.05, 3.63) is 355 Å². The van der Waals surface area contributed by atoms with Crippen molar-refractivity contribution in [1.29, 1.82) is 0 Å². The third-order valence-corrected chi connectivity index (χ3v) is 32.2. The van der Waals surface area contributed by atoms with Crippen molar-refractivity contribution in [2.24, 2.45) is 0 Å². The summed E-state index contributed by atoms with van der Waals surface area (Å²) in [6.07, 6.45) is 9.73. The molecule has 3 aromatic heterocycles. The Morgan fingerprint density at radius 1 is 0.296 bits per heavy atom. The number of nitrogens with zero attached hydrogens (tertiary/aromatic N) is 3. The molecule has 0 radical (unpaired) electrons. The van der Waals surface area contributed by atoms with Crippen LogP contribution in [0.25, 0.3) is 57.0 Å². The Bertz CT molecular complexity index is 4650. The topological polar surface area (TPSA) is 92.7 Å². The van der Waals surface area contributed by atoms with Crippen molar-refractivity contribution in [2.45, 2.75) is 12.3 Å². The normalized spacial score (nSPS) is 12.3. The van der Waals surface area contributed by atoms with E-state index in [-0.39, 0.29) is 0 Å². The van der Waals surface area contributed by atoms with Gasteiger partial charge >= 0.3 is 319 Å². The number of para-hydroxylation sites is 3. The first-order valence-corrected chi connectivity index (χ1v) is 38.8. The van der Waals surface area contributed by atoms with Gasteiger partial charge in [-0.25, -0.2) is 15.0 Å². The van der Waals surface area contributed by atoms with Gasteiger partial charge < -0.3 is 9.47 Å². The molecular weight excluding hydrogens is 1290 g/mol. The number of aromatic nitrogens is 3. The molecule has 14 aromatic rings. The summed E-state index contributed by atoms with van der Waals surface area (Å²) >= 11 is 17.1. The van der Waals surface area contributed by atoms with Crippen molar-refractivity contribution in [2.75, 3.05) is 28.4 Å². The Balaban J connectivity index is 0.000000168. The number of hydrogen-bond acceptors (Lipinski definition) is 8. The standard InChI is InChI=1S/C46H42Cl2O2P2.C30H24N2O2.C10H7NO/c1-49-45-33-38(36-52(48,42-27-15-6-16-28-42,43-29-17-7-18-30-43)44-31-19-8-20-32-44)46(50-2)34-37(45)35-51(47,39-21-9-3-10-22-39,40-23-11-4-12-24-40)41-25-13-5-14-26-41;1-33-29-19-24(14-18-26-16-12-22-8-4-6-10-28(22)32-26)30(34-2)20-23(29)13-17-25-15-11-21-7-3-5-9-27(21)31-25;12-7-9-6-5-8-3-1-2-4-10(8)11-9/h3-34H,35-36H2,1-2H3;3-20H,1-2H3;1-7H/b;17-13+,18-14+;. The predicted molar refractivity (Wildman–Crippen MR) is 417 cm³/mol. The van der Waals surface area contributed by atoms with Crippen molar-refractivity contribution < 1.29 is 23.7 Å². The summed E-state index contributed by atoms with van der Waals surface area (Å²) < 4.78 is 24.0. The SMILES string of the molecule is COc1cc(/C=C/c2ccc3ccccc3n2)c(OC)cc1/C=C/c1ccc2ccccc2n1.COc1cc(CP(Cl)(c2ccccc2)(c2ccccc2)c2ccccc2)c(OC)cc1CP(Cl)(c1ccccc1)(c1ccccc1)c1ccccc1.O=Cc1ccc2ccccc2n1. The second-order valence-electron chi connectivity index (χ2n) is 23.6. The van der Waals surface area contributed by atoms with Crippen LogP contribution in [-0.4, -0.2) is 49.7 Å². The van der Waals surface area contributed by atoms with E-state index in [1.54, 1.807) is 34.5 Å². The molecule has 98 heavy (non-hydrogen) atoms. The molecule has 0 aliphatic heterocycles. The van der Waals surface area contributed by atoms with Crippen molar-refractivity contribution in [3.8, 4) is 23.0 Å². The average Bonchev–Trinajstić information content (AvgIpc) is 0.710. The molecule has 0 saturated carbocycles. The number of carbonyl (C=O) groups is 1. The second-order valence-corrected chi connectivity index (χ2v) is 36.5. The fourth-order valence-corrected chi connectivity index (χ4v) is 25.1. The molecule has 0 saturated heterocycles. The smallest absolute Gasteiger partial charge is 0.168 e. The van der Waals surface area contributed by atoms with E-state index in [0.29, 0.717) is 18.0 Å². The van der Waals surface area contributed by atoms with E-state index in [1.807, 2.05) is 152 Å². The van der Waals surface area contributed by atoms with E-state index < -0.39 is 11.9 Å². The molecule has 11 aromatic carbocycles. The summed E-state index contributed by atoms with van der Waals surface area (Å²) in [7, 11) is 6.81. The molecule has 0 fully saturated rings. The molecule has 3 heterocycles. The number of fused-ring (bicyclic) bond motifs is 3. The van der Waals surface area contributed by atoms with E-state index in [2.05, 4.69) is 187 Å². The summed E-state index contributed by atoms with van der Waals surface area (Å²) in [4.78, 5) is 23.9. The van der Waals surface area contributed by atoms with Crippen molar-refractivity contribution in [1.82, 2.24) is 15.0 Å². The van der Waals surface area contributed by atoms with Crippen LogP contribution in [0.5, 0.6) is 23.0 Å². The van der Waals surface area contributed by atoms with Gasteiger partial charge in [0, 0.05) is 27.3 Å². The van der Waals surface area contributed by atoms with Gasteiger partial charge in [0.1, 0.15) is 17.2 Å². The second kappa shape index (κ2) is 30.2. The van der Waals surface area contributed by atoms with E-state index >= 15 is 0 Å². The Kier molecular flexibility index (Phi) is 20.8. The van der Waals surface area contributed by atoms with E-state index in [4.69, 9.17) is 51.4 Å². The van der Waals surface area contributed by atoms with Crippen LogP contribution < -0.4 is 50.8 Å². The molecule has 0 aliphatic rings. The molecule has 0 atom stereocenters. The molecule has 0 spiro atoms. The third kappa shape index (κ3) is 13.9. The minimum absolute atomic E-state index is 0.480. The van der Waals surface area contributed by atoms with Crippen LogP contribution in [0.15, 0.2) is 315 Å². The number of rotatable bonds is 19. The molecule has 0 amide bonds. The maximum Gasteiger partial charge on any atom is 0.168 e. The van der Waals surface area contributed by atoms with Gasteiger partial charge in [0.2, 0.25) is 0 Å². The molecule has 0 unspecified atom stereocenters. The number of methoxy groups -OCH3 is 4. The molecule has 8 nitrogen and oxygen atoms in total. The summed E-state index contributed by atoms with van der Waals surface area (Å²) in [5.41, 5.74) is 8.79. The largest absolute Gasteiger partial charge is 0.296 e. The molecule has 12 heteroatoms. The van der Waals surface area contributed by atoms with Crippen molar-refractivity contribution >= 4 is 130 Å². The zero-order chi connectivity index (χ0) is 67.8. The zero-order valence-electron chi connectivity index (χ0n) is 54.9. The Morgan fingerprint density at radius 2 is 0.551 bits per heavy atom. The predicted octanol–water partition coefficient (Wildman–Crippen LogP) is 19.3. The fraction of sp³-hybridized carbons (Fsp3) is 0.0698. The van der Waals surface area contributed by atoms with Gasteiger partial charge in [0.05, 0.1) is 42.2 Å². The summed E-state index contributed by atoms with van der Waals surface area (Å²) in [5, 5.41) is 9.80. The van der Waals surface area contributed by atoms with Gasteiger partial charge in [-0.1, -0.05) is 72.8 Å². The molecule has 14 rings (SSSR count). The number of aldehydes is 1. The van der Waals surface area contributed by atoms with Gasteiger partial charge in [-0.05, 0) is 72.8 Å². The van der Waals surface area contributed by atoms with Crippen molar-refractivity contribution in [3.63, 3.8) is 0 Å². The van der Waals surface area contributed by atoms with Gasteiger partial charge in [-0.15, -0.1) is 0 Å². The van der Waals surface area contributed by atoms with Gasteiger partial charge in [0.15, 0.2) is 6.29 Å². The quantitative estimate of drug-likeness (QED) is 0.0584. The van der Waals surface area contributed by atoms with E-state index in [9.17, 15) is 4.79 Å². The van der Waals surface area contributed by atoms with Gasteiger partial charge in [-0.2, -0.15) is 0 Å². The van der Waals surface area contributed by atoms with Gasteiger partial charge in [0.25, 0.3) is 0 Å². The first-order chi connectivity index (χ1) is 47.9. The van der Waals surface area contributed by atoms with E-state index in [0.717, 1.165) is 127 Å². The first-order valence-electron chi connectivity index (χ1n) is 32.1. The van der Waals surface area contributed by atoms with Crippen LogP contribution in [0.3, 0.4) is 0 Å². The minimum Gasteiger partial charge on any atom is -0.296 e. The van der Waals surface area contributed by atoms with Crippen LogP contribution >= 0.6 is 34.4 Å². The number of carbonyl (C=O) groups excluding carboxylic acids is 1. The third-order valence-electron chi connectivity index (χ3n) is 17.8. The molecule has 0 aliphatic carbocycles. The van der Waals surface area contributed by atoms with Crippen LogP contribution in [0.2, 0.25) is 0 Å². The zero-order valence-corrected chi connectivity index (χ0v) is 58.2. The maximum absolute atomic E-state index is 10.4. The molecule has 486 valence electrons. The summed E-state index contributed by atoms with van der Waals surface area (Å²) in [5.74, 6) is -4.41. The molecule has 0 bridgehead atoms. The van der Waals surface area contributed by atoms with Crippen LogP contribution in [-0.2, 0) is 12.3 Å². The first kappa shape index (κ1) is 67.4. The minimum atomic E-state index is -3.70. The fourth-order valence-electron chi connectivity index (χ4n) is 12.8. The van der Waals surface area contributed by atoms with Crippen LogP contribution in [0.4, 0.5) is 0 Å². The molecular formula is C86H73Cl2N3O5P2.